The molecule has 2 aromatic rings. The molecule has 0 saturated heterocycles. The molecular formula is C18H22N2O4S. The minimum absolute atomic E-state index is 0.153. The Bertz CT molecular complexity index is 878. The molecule has 2 rings (SSSR count). The normalized spacial score (nSPS) is 11.0. The highest BCUT2D eigenvalue weighted by Gasteiger charge is 2.15. The van der Waals surface area contributed by atoms with E-state index in [0.717, 1.165) is 17.6 Å². The number of benzene rings is 2. The fraction of sp³-hybridized carbons (Fsp3) is 0.278. The number of hydrogen-bond donors (Lipinski definition) is 1. The van der Waals surface area contributed by atoms with Crippen molar-refractivity contribution in [1.82, 2.24) is 4.90 Å². The number of hydrogen-bond acceptors (Lipinski definition) is 4. The minimum atomic E-state index is -3.36. The Morgan fingerprint density at radius 2 is 1.88 bits per heavy atom. The van der Waals surface area contributed by atoms with Crippen LogP contribution in [0.15, 0.2) is 42.5 Å². The first-order chi connectivity index (χ1) is 11.7. The van der Waals surface area contributed by atoms with Crippen LogP contribution in [0.2, 0.25) is 0 Å². The Hall–Kier alpha value is -2.54. The molecule has 6 nitrogen and oxygen atoms in total. The summed E-state index contributed by atoms with van der Waals surface area (Å²) in [6, 6.07) is 12.4. The van der Waals surface area contributed by atoms with Gasteiger partial charge in [0.1, 0.15) is 5.75 Å². The third kappa shape index (κ3) is 4.96. The minimum Gasteiger partial charge on any atom is -0.496 e. The van der Waals surface area contributed by atoms with Crippen LogP contribution in [-0.2, 0) is 16.6 Å². The van der Waals surface area contributed by atoms with E-state index in [1.165, 1.54) is 0 Å². The zero-order valence-corrected chi connectivity index (χ0v) is 15.6. The monoisotopic (exact) mass is 362 g/mol. The van der Waals surface area contributed by atoms with E-state index >= 15 is 0 Å². The smallest absolute Gasteiger partial charge is 0.253 e. The summed E-state index contributed by atoms with van der Waals surface area (Å²) >= 11 is 0. The highest BCUT2D eigenvalue weighted by molar-refractivity contribution is 7.92. The molecule has 0 radical (unpaired) electrons. The van der Waals surface area contributed by atoms with Crippen molar-refractivity contribution in [1.29, 1.82) is 0 Å². The van der Waals surface area contributed by atoms with Crippen molar-refractivity contribution in [3.63, 3.8) is 0 Å². The molecule has 7 heteroatoms. The van der Waals surface area contributed by atoms with Crippen molar-refractivity contribution in [3.05, 3.63) is 59.2 Å². The summed E-state index contributed by atoms with van der Waals surface area (Å²) in [5.41, 5.74) is 2.55. The molecule has 1 N–H and O–H groups in total. The molecule has 134 valence electrons. The van der Waals surface area contributed by atoms with E-state index in [2.05, 4.69) is 4.72 Å². The molecule has 0 saturated carbocycles. The second-order valence-electron chi connectivity index (χ2n) is 5.88. The second-order valence-corrected chi connectivity index (χ2v) is 7.63. The number of sulfonamides is 1. The van der Waals surface area contributed by atoms with Gasteiger partial charge in [0.05, 0.1) is 19.1 Å². The molecule has 1 amide bonds. The number of carbonyl (C=O) groups excluding carboxylic acids is 1. The van der Waals surface area contributed by atoms with E-state index in [0.29, 0.717) is 23.4 Å². The van der Waals surface area contributed by atoms with Crippen molar-refractivity contribution in [2.24, 2.45) is 0 Å². The maximum Gasteiger partial charge on any atom is 0.253 e. The predicted molar refractivity (Wildman–Crippen MR) is 98.4 cm³/mol. The van der Waals surface area contributed by atoms with Gasteiger partial charge in [-0.05, 0) is 36.8 Å². The van der Waals surface area contributed by atoms with E-state index in [1.807, 2.05) is 24.3 Å². The summed E-state index contributed by atoms with van der Waals surface area (Å²) in [6.45, 7) is 2.16. The average Bonchev–Trinajstić information content (AvgIpc) is 2.55. The second kappa shape index (κ2) is 7.57. The SMILES string of the molecule is COc1ccccc1CN(C)C(=O)c1ccc(NS(C)(=O)=O)c(C)c1. The summed E-state index contributed by atoms with van der Waals surface area (Å²) in [5.74, 6) is 0.575. The topological polar surface area (TPSA) is 75.7 Å². The summed E-state index contributed by atoms with van der Waals surface area (Å²) < 4.78 is 30.4. The van der Waals surface area contributed by atoms with E-state index in [-0.39, 0.29) is 5.91 Å². The Morgan fingerprint density at radius 3 is 2.48 bits per heavy atom. The van der Waals surface area contributed by atoms with Gasteiger partial charge in [0.2, 0.25) is 10.0 Å². The highest BCUT2D eigenvalue weighted by Crippen LogP contribution is 2.21. The number of rotatable bonds is 6. The largest absolute Gasteiger partial charge is 0.496 e. The van der Waals surface area contributed by atoms with Crippen molar-refractivity contribution >= 4 is 21.6 Å². The van der Waals surface area contributed by atoms with Crippen molar-refractivity contribution in [2.45, 2.75) is 13.5 Å². The van der Waals surface area contributed by atoms with Crippen LogP contribution in [0.25, 0.3) is 0 Å². The number of nitrogens with zero attached hydrogens (tertiary/aromatic N) is 1. The van der Waals surface area contributed by atoms with Crippen molar-refractivity contribution < 1.29 is 17.9 Å². The van der Waals surface area contributed by atoms with Gasteiger partial charge in [0.15, 0.2) is 0 Å². The van der Waals surface area contributed by atoms with Gasteiger partial charge in [-0.25, -0.2) is 8.42 Å². The number of aryl methyl sites for hydroxylation is 1. The summed E-state index contributed by atoms with van der Waals surface area (Å²) in [7, 11) is -0.0469. The van der Waals surface area contributed by atoms with Crippen LogP contribution >= 0.6 is 0 Å². The molecule has 0 fully saturated rings. The molecular weight excluding hydrogens is 340 g/mol. The molecule has 2 aromatic carbocycles. The molecule has 0 atom stereocenters. The predicted octanol–water partition coefficient (Wildman–Crippen LogP) is 2.65. The lowest BCUT2D eigenvalue weighted by molar-refractivity contribution is 0.0784. The Labute approximate surface area is 148 Å². The third-order valence-corrected chi connectivity index (χ3v) is 4.31. The lowest BCUT2D eigenvalue weighted by Gasteiger charge is -2.19. The Balaban J connectivity index is 2.18. The van der Waals surface area contributed by atoms with Crippen LogP contribution in [0.5, 0.6) is 5.75 Å². The molecule has 25 heavy (non-hydrogen) atoms. The van der Waals surface area contributed by atoms with Crippen LogP contribution in [0.3, 0.4) is 0 Å². The lowest BCUT2D eigenvalue weighted by Crippen LogP contribution is -2.26. The molecule has 0 heterocycles. The van der Waals surface area contributed by atoms with E-state index in [9.17, 15) is 13.2 Å². The maximum atomic E-state index is 12.6. The first kappa shape index (κ1) is 18.8. The van der Waals surface area contributed by atoms with Crippen LogP contribution in [0.1, 0.15) is 21.5 Å². The number of carbonyl (C=O) groups is 1. The average molecular weight is 362 g/mol. The van der Waals surface area contributed by atoms with Gasteiger partial charge in [-0.1, -0.05) is 18.2 Å². The lowest BCUT2D eigenvalue weighted by atomic mass is 10.1. The fourth-order valence-corrected chi connectivity index (χ4v) is 3.12. The highest BCUT2D eigenvalue weighted by atomic mass is 32.2. The van der Waals surface area contributed by atoms with Gasteiger partial charge in [-0.3, -0.25) is 9.52 Å². The number of nitrogens with one attached hydrogen (secondary N) is 1. The number of anilines is 1. The summed E-state index contributed by atoms with van der Waals surface area (Å²) in [6.07, 6.45) is 1.09. The molecule has 0 bridgehead atoms. The van der Waals surface area contributed by atoms with Crippen molar-refractivity contribution in [3.8, 4) is 5.75 Å². The van der Waals surface area contributed by atoms with Crippen LogP contribution in [-0.4, -0.2) is 39.6 Å². The third-order valence-electron chi connectivity index (χ3n) is 3.72. The first-order valence-electron chi connectivity index (χ1n) is 7.67. The standard InChI is InChI=1S/C18H22N2O4S/c1-13-11-14(9-10-16(13)19-25(4,22)23)18(21)20(2)12-15-7-5-6-8-17(15)24-3/h5-11,19H,12H2,1-4H3. The summed E-state index contributed by atoms with van der Waals surface area (Å²) in [5, 5.41) is 0. The quantitative estimate of drug-likeness (QED) is 0.857. The summed E-state index contributed by atoms with van der Waals surface area (Å²) in [4.78, 5) is 14.2. The Kier molecular flexibility index (Phi) is 5.69. The van der Waals surface area contributed by atoms with Gasteiger partial charge in [-0.2, -0.15) is 0 Å². The van der Waals surface area contributed by atoms with E-state index in [1.54, 1.807) is 44.2 Å². The number of para-hydroxylation sites is 1. The van der Waals surface area contributed by atoms with Crippen LogP contribution in [0, 0.1) is 6.92 Å². The number of amides is 1. The van der Waals surface area contributed by atoms with E-state index in [4.69, 9.17) is 4.74 Å². The molecule has 0 aliphatic rings. The van der Waals surface area contributed by atoms with Gasteiger partial charge in [0.25, 0.3) is 5.91 Å². The molecule has 0 aromatic heterocycles. The fourth-order valence-electron chi connectivity index (χ4n) is 2.49. The van der Waals surface area contributed by atoms with Gasteiger partial charge < -0.3 is 9.64 Å². The van der Waals surface area contributed by atoms with Crippen molar-refractivity contribution in [2.75, 3.05) is 25.1 Å². The first-order valence-corrected chi connectivity index (χ1v) is 9.56. The van der Waals surface area contributed by atoms with Gasteiger partial charge in [-0.15, -0.1) is 0 Å². The maximum absolute atomic E-state index is 12.6. The van der Waals surface area contributed by atoms with Crippen LogP contribution in [0.4, 0.5) is 5.69 Å². The van der Waals surface area contributed by atoms with Gasteiger partial charge >= 0.3 is 0 Å². The number of methoxy groups -OCH3 is 1. The van der Waals surface area contributed by atoms with E-state index < -0.39 is 10.0 Å². The zero-order chi connectivity index (χ0) is 18.6. The molecule has 0 aliphatic carbocycles. The van der Waals surface area contributed by atoms with Gasteiger partial charge in [0, 0.05) is 24.7 Å². The van der Waals surface area contributed by atoms with Crippen LogP contribution < -0.4 is 9.46 Å². The molecule has 0 aliphatic heterocycles. The molecule has 0 unspecified atom stereocenters. The molecule has 0 spiro atoms. The number of ether oxygens (including phenoxy) is 1. The zero-order valence-electron chi connectivity index (χ0n) is 14.7. The Morgan fingerprint density at radius 1 is 1.20 bits per heavy atom.